The van der Waals surface area contributed by atoms with Crippen molar-refractivity contribution in [1.82, 2.24) is 0 Å². The van der Waals surface area contributed by atoms with E-state index in [0.29, 0.717) is 0 Å². The van der Waals surface area contributed by atoms with E-state index in [0.717, 1.165) is 0 Å². The zero-order valence-electron chi connectivity index (χ0n) is 9.52. The Balaban J connectivity index is 3.05. The number of carboxylic acids is 1. The highest BCUT2D eigenvalue weighted by atomic mass is 16.6. The Morgan fingerprint density at radius 2 is 1.94 bits per heavy atom. The summed E-state index contributed by atoms with van der Waals surface area (Å²) < 4.78 is 9.92. The van der Waals surface area contributed by atoms with Crippen LogP contribution in [0.2, 0.25) is 0 Å². The number of aromatic carboxylic acids is 1. The number of hydrogen-bond donors (Lipinski definition) is 1. The normalized spacial score (nSPS) is 9.53. The molecule has 1 rings (SSSR count). The smallest absolute Gasteiger partial charge is 0.338 e. The van der Waals surface area contributed by atoms with Gasteiger partial charge in [-0.05, 0) is 25.1 Å². The van der Waals surface area contributed by atoms with Gasteiger partial charge in [0.05, 0.1) is 12.7 Å². The van der Waals surface area contributed by atoms with Crippen LogP contribution in [-0.4, -0.2) is 24.2 Å². The number of carboxylic acid groups (broad SMARTS) is 1. The Morgan fingerprint density at radius 3 is 2.41 bits per heavy atom. The topological polar surface area (TPSA) is 72.8 Å². The Bertz CT molecular complexity index is 476. The van der Waals surface area contributed by atoms with Crippen molar-refractivity contribution in [3.05, 3.63) is 35.9 Å². The fourth-order valence-corrected chi connectivity index (χ4v) is 1.07. The van der Waals surface area contributed by atoms with E-state index in [1.54, 1.807) is 0 Å². The average molecular weight is 236 g/mol. The largest absolute Gasteiger partial charge is 0.493 e. The molecule has 0 aliphatic carbocycles. The van der Waals surface area contributed by atoms with E-state index in [9.17, 15) is 9.59 Å². The van der Waals surface area contributed by atoms with Gasteiger partial charge in [0.1, 0.15) is 0 Å². The van der Waals surface area contributed by atoms with E-state index in [1.165, 1.54) is 32.2 Å². The molecule has 1 aromatic carbocycles. The van der Waals surface area contributed by atoms with E-state index in [1.807, 2.05) is 0 Å². The van der Waals surface area contributed by atoms with Crippen molar-refractivity contribution in [2.24, 2.45) is 0 Å². The lowest BCUT2D eigenvalue weighted by Crippen LogP contribution is -2.09. The van der Waals surface area contributed by atoms with Crippen LogP contribution >= 0.6 is 0 Å². The van der Waals surface area contributed by atoms with Crippen molar-refractivity contribution in [2.45, 2.75) is 6.92 Å². The molecule has 0 atom stereocenters. The Morgan fingerprint density at radius 1 is 1.29 bits per heavy atom. The molecule has 0 aliphatic heterocycles. The summed E-state index contributed by atoms with van der Waals surface area (Å²) in [6.07, 6.45) is 0. The van der Waals surface area contributed by atoms with Crippen molar-refractivity contribution in [2.75, 3.05) is 7.11 Å². The molecule has 1 aromatic rings. The van der Waals surface area contributed by atoms with E-state index in [2.05, 4.69) is 6.58 Å². The summed E-state index contributed by atoms with van der Waals surface area (Å²) in [5, 5.41) is 8.79. The fraction of sp³-hybridized carbons (Fsp3) is 0.167. The van der Waals surface area contributed by atoms with Crippen molar-refractivity contribution in [3.63, 3.8) is 0 Å². The van der Waals surface area contributed by atoms with Crippen LogP contribution < -0.4 is 9.47 Å². The van der Waals surface area contributed by atoms with Gasteiger partial charge >= 0.3 is 11.9 Å². The minimum absolute atomic E-state index is 0.0528. The van der Waals surface area contributed by atoms with E-state index >= 15 is 0 Å². The van der Waals surface area contributed by atoms with Gasteiger partial charge in [-0.3, -0.25) is 0 Å². The van der Waals surface area contributed by atoms with Gasteiger partial charge < -0.3 is 14.6 Å². The van der Waals surface area contributed by atoms with Crippen molar-refractivity contribution in [1.29, 1.82) is 0 Å². The van der Waals surface area contributed by atoms with Crippen molar-refractivity contribution in [3.8, 4) is 11.5 Å². The SMILES string of the molecule is C=C(C)C(=O)Oc1ccc(C(=O)O)cc1OC. The van der Waals surface area contributed by atoms with Crippen LogP contribution in [-0.2, 0) is 4.79 Å². The number of hydrogen-bond acceptors (Lipinski definition) is 4. The molecule has 0 saturated heterocycles. The first-order valence-electron chi connectivity index (χ1n) is 4.74. The summed E-state index contributed by atoms with van der Waals surface area (Å²) >= 11 is 0. The second kappa shape index (κ2) is 5.16. The predicted octanol–water partition coefficient (Wildman–Crippen LogP) is 1.87. The number of benzene rings is 1. The van der Waals surface area contributed by atoms with Gasteiger partial charge in [0, 0.05) is 5.57 Å². The number of ether oxygens (including phenoxy) is 2. The van der Waals surface area contributed by atoms with E-state index in [-0.39, 0.29) is 22.6 Å². The van der Waals surface area contributed by atoms with Gasteiger partial charge in [0.25, 0.3) is 0 Å². The van der Waals surface area contributed by atoms with E-state index < -0.39 is 11.9 Å². The summed E-state index contributed by atoms with van der Waals surface area (Å²) in [4.78, 5) is 22.0. The lowest BCUT2D eigenvalue weighted by molar-refractivity contribution is -0.130. The van der Waals surface area contributed by atoms with Crippen molar-refractivity contribution < 1.29 is 24.2 Å². The number of carbonyl (C=O) groups is 2. The number of carbonyl (C=O) groups excluding carboxylic acids is 1. The summed E-state index contributed by atoms with van der Waals surface area (Å²) in [6, 6.07) is 3.97. The first-order valence-corrected chi connectivity index (χ1v) is 4.74. The highest BCUT2D eigenvalue weighted by molar-refractivity contribution is 5.90. The molecule has 5 nitrogen and oxygen atoms in total. The maximum absolute atomic E-state index is 11.3. The number of methoxy groups -OCH3 is 1. The molecule has 17 heavy (non-hydrogen) atoms. The summed E-state index contributed by atoms with van der Waals surface area (Å²) in [6.45, 7) is 4.96. The molecule has 0 bridgehead atoms. The van der Waals surface area contributed by atoms with Crippen LogP contribution in [0.5, 0.6) is 11.5 Å². The van der Waals surface area contributed by atoms with Crippen LogP contribution in [0.1, 0.15) is 17.3 Å². The van der Waals surface area contributed by atoms with Gasteiger partial charge in [-0.25, -0.2) is 9.59 Å². The quantitative estimate of drug-likeness (QED) is 0.491. The maximum atomic E-state index is 11.3. The lowest BCUT2D eigenvalue weighted by Gasteiger charge is -2.09. The van der Waals surface area contributed by atoms with Crippen LogP contribution in [0.25, 0.3) is 0 Å². The Hall–Kier alpha value is -2.30. The summed E-state index contributed by atoms with van der Waals surface area (Å²) in [5.41, 5.74) is 0.298. The molecule has 0 heterocycles. The molecule has 0 saturated carbocycles. The molecular formula is C12H12O5. The van der Waals surface area contributed by atoms with Gasteiger partial charge in [0.2, 0.25) is 0 Å². The summed E-state index contributed by atoms with van der Waals surface area (Å²) in [5.74, 6) is -1.34. The molecule has 0 aromatic heterocycles. The monoisotopic (exact) mass is 236 g/mol. The minimum atomic E-state index is -1.08. The van der Waals surface area contributed by atoms with E-state index in [4.69, 9.17) is 14.6 Å². The maximum Gasteiger partial charge on any atom is 0.338 e. The van der Waals surface area contributed by atoms with Crippen LogP contribution in [0.3, 0.4) is 0 Å². The molecule has 0 fully saturated rings. The zero-order valence-corrected chi connectivity index (χ0v) is 9.52. The highest BCUT2D eigenvalue weighted by Crippen LogP contribution is 2.28. The third kappa shape index (κ3) is 3.07. The third-order valence-electron chi connectivity index (χ3n) is 1.96. The van der Waals surface area contributed by atoms with Crippen LogP contribution in [0, 0.1) is 0 Å². The standard InChI is InChI=1S/C12H12O5/c1-7(2)12(15)17-9-5-4-8(11(13)14)6-10(9)16-3/h4-6H,1H2,2-3H3,(H,13,14). The average Bonchev–Trinajstić information content (AvgIpc) is 2.28. The van der Waals surface area contributed by atoms with Gasteiger partial charge in [-0.2, -0.15) is 0 Å². The minimum Gasteiger partial charge on any atom is -0.493 e. The fourth-order valence-electron chi connectivity index (χ4n) is 1.07. The second-order valence-corrected chi connectivity index (χ2v) is 3.34. The van der Waals surface area contributed by atoms with Gasteiger partial charge in [-0.15, -0.1) is 0 Å². The zero-order chi connectivity index (χ0) is 13.0. The Kier molecular flexibility index (Phi) is 3.87. The first kappa shape index (κ1) is 12.8. The molecule has 1 N–H and O–H groups in total. The van der Waals surface area contributed by atoms with Crippen LogP contribution in [0.15, 0.2) is 30.4 Å². The third-order valence-corrected chi connectivity index (χ3v) is 1.96. The number of esters is 1. The molecule has 0 unspecified atom stereocenters. The van der Waals surface area contributed by atoms with Gasteiger partial charge in [-0.1, -0.05) is 6.58 Å². The highest BCUT2D eigenvalue weighted by Gasteiger charge is 2.13. The molecule has 0 spiro atoms. The molecule has 90 valence electrons. The molecular weight excluding hydrogens is 224 g/mol. The first-order chi connectivity index (χ1) is 7.95. The predicted molar refractivity (Wildman–Crippen MR) is 60.4 cm³/mol. The molecule has 0 aliphatic rings. The Labute approximate surface area is 98.3 Å². The summed E-state index contributed by atoms with van der Waals surface area (Å²) in [7, 11) is 1.36. The lowest BCUT2D eigenvalue weighted by atomic mass is 10.2. The van der Waals surface area contributed by atoms with Gasteiger partial charge in [0.15, 0.2) is 11.5 Å². The molecule has 0 radical (unpaired) electrons. The van der Waals surface area contributed by atoms with Crippen molar-refractivity contribution >= 4 is 11.9 Å². The van der Waals surface area contributed by atoms with Crippen LogP contribution in [0.4, 0.5) is 0 Å². The molecule has 0 amide bonds. The molecule has 5 heteroatoms. The second-order valence-electron chi connectivity index (χ2n) is 3.34. The number of rotatable bonds is 4.